The lowest BCUT2D eigenvalue weighted by Gasteiger charge is -2.17. The average Bonchev–Trinajstić information content (AvgIpc) is 3.00. The van der Waals surface area contributed by atoms with Crippen LogP contribution in [0.2, 0.25) is 0 Å². The Balaban J connectivity index is 1.40. The second-order valence-electron chi connectivity index (χ2n) is 8.71. The lowest BCUT2D eigenvalue weighted by Crippen LogP contribution is -2.09. The molecule has 0 saturated carbocycles. The molecule has 0 saturated heterocycles. The van der Waals surface area contributed by atoms with Crippen molar-refractivity contribution >= 4 is 17.5 Å². The number of rotatable bonds is 11. The van der Waals surface area contributed by atoms with Crippen molar-refractivity contribution in [3.8, 4) is 34.1 Å². The molecule has 0 unspecified atom stereocenters. The number of aromatic nitrogens is 5. The summed E-state index contributed by atoms with van der Waals surface area (Å²) in [6, 6.07) is 23.0. The van der Waals surface area contributed by atoms with Gasteiger partial charge in [0.15, 0.2) is 5.82 Å². The van der Waals surface area contributed by atoms with Crippen LogP contribution in [-0.2, 0) is 22.7 Å². The maximum Gasteiger partial charge on any atom is 0.228 e. The first-order chi connectivity index (χ1) is 19.7. The standard InChI is InChI=1S/C30H29N7O3/c1-31-30-33-17-15-26(35-30)23-10-7-16-32-29(23)40-22-13-11-21(12-14-22)34-28-25(19-39-3)24(18-38-2)27(36-37-28)20-8-5-4-6-9-20/h4-17H,18-19H2,1-3H3,(H,34,37)(H,31,33,35). The zero-order chi connectivity index (χ0) is 27.7. The van der Waals surface area contributed by atoms with Crippen molar-refractivity contribution < 1.29 is 14.2 Å². The van der Waals surface area contributed by atoms with Gasteiger partial charge in [0.2, 0.25) is 11.8 Å². The van der Waals surface area contributed by atoms with Crippen LogP contribution in [0.25, 0.3) is 22.5 Å². The van der Waals surface area contributed by atoms with E-state index in [0.717, 1.165) is 33.6 Å². The summed E-state index contributed by atoms with van der Waals surface area (Å²) < 4.78 is 17.2. The van der Waals surface area contributed by atoms with Crippen molar-refractivity contribution in [3.05, 3.63) is 96.3 Å². The van der Waals surface area contributed by atoms with Gasteiger partial charge in [-0.25, -0.2) is 15.0 Å². The molecule has 5 aromatic rings. The molecule has 202 valence electrons. The summed E-state index contributed by atoms with van der Waals surface area (Å²) in [6.07, 6.45) is 3.37. The summed E-state index contributed by atoms with van der Waals surface area (Å²) >= 11 is 0. The van der Waals surface area contributed by atoms with E-state index in [0.29, 0.717) is 42.3 Å². The third-order valence-electron chi connectivity index (χ3n) is 6.07. The number of nitrogens with zero attached hydrogens (tertiary/aromatic N) is 5. The molecule has 0 fully saturated rings. The molecule has 40 heavy (non-hydrogen) atoms. The number of benzene rings is 2. The van der Waals surface area contributed by atoms with Gasteiger partial charge in [-0.15, -0.1) is 10.2 Å². The van der Waals surface area contributed by atoms with Gasteiger partial charge in [0.25, 0.3) is 0 Å². The monoisotopic (exact) mass is 535 g/mol. The van der Waals surface area contributed by atoms with Gasteiger partial charge in [-0.3, -0.25) is 0 Å². The highest BCUT2D eigenvalue weighted by Crippen LogP contribution is 2.33. The van der Waals surface area contributed by atoms with E-state index in [2.05, 4.69) is 35.8 Å². The number of ether oxygens (including phenoxy) is 3. The molecule has 0 spiro atoms. The fourth-order valence-corrected chi connectivity index (χ4v) is 4.19. The average molecular weight is 536 g/mol. The first-order valence-electron chi connectivity index (χ1n) is 12.6. The summed E-state index contributed by atoms with van der Waals surface area (Å²) in [7, 11) is 5.09. The van der Waals surface area contributed by atoms with Crippen molar-refractivity contribution in [2.45, 2.75) is 13.2 Å². The minimum Gasteiger partial charge on any atom is -0.438 e. The molecule has 0 bridgehead atoms. The number of hydrogen-bond donors (Lipinski definition) is 2. The van der Waals surface area contributed by atoms with Gasteiger partial charge >= 0.3 is 0 Å². The number of methoxy groups -OCH3 is 2. The van der Waals surface area contributed by atoms with Crippen LogP contribution in [0.5, 0.6) is 11.6 Å². The number of pyridine rings is 1. The van der Waals surface area contributed by atoms with Crippen LogP contribution in [0.1, 0.15) is 11.1 Å². The van der Waals surface area contributed by atoms with E-state index in [-0.39, 0.29) is 0 Å². The zero-order valence-corrected chi connectivity index (χ0v) is 22.5. The van der Waals surface area contributed by atoms with Crippen LogP contribution in [0.3, 0.4) is 0 Å². The van der Waals surface area contributed by atoms with Crippen molar-refractivity contribution in [1.82, 2.24) is 25.1 Å². The van der Waals surface area contributed by atoms with E-state index in [1.165, 1.54) is 0 Å². The van der Waals surface area contributed by atoms with Crippen LogP contribution >= 0.6 is 0 Å². The Bertz CT molecular complexity index is 1560. The molecule has 0 amide bonds. The van der Waals surface area contributed by atoms with E-state index in [4.69, 9.17) is 14.2 Å². The first kappa shape index (κ1) is 26.7. The molecule has 10 heteroatoms. The summed E-state index contributed by atoms with van der Waals surface area (Å²) in [5, 5.41) is 15.4. The molecule has 2 N–H and O–H groups in total. The highest BCUT2D eigenvalue weighted by atomic mass is 16.5. The van der Waals surface area contributed by atoms with Crippen LogP contribution in [0.15, 0.2) is 85.2 Å². The highest BCUT2D eigenvalue weighted by Gasteiger charge is 2.18. The first-order valence-corrected chi connectivity index (χ1v) is 12.6. The second kappa shape index (κ2) is 12.7. The lowest BCUT2D eigenvalue weighted by molar-refractivity contribution is 0.168. The van der Waals surface area contributed by atoms with Crippen LogP contribution in [0, 0.1) is 0 Å². The fourth-order valence-electron chi connectivity index (χ4n) is 4.19. The molecule has 5 rings (SSSR count). The van der Waals surface area contributed by atoms with Gasteiger partial charge < -0.3 is 24.8 Å². The molecule has 10 nitrogen and oxygen atoms in total. The minimum absolute atomic E-state index is 0.346. The summed E-state index contributed by atoms with van der Waals surface area (Å²) in [5.74, 6) is 2.18. The predicted molar refractivity (Wildman–Crippen MR) is 154 cm³/mol. The van der Waals surface area contributed by atoms with Gasteiger partial charge in [-0.1, -0.05) is 30.3 Å². The van der Waals surface area contributed by atoms with E-state index in [1.54, 1.807) is 33.7 Å². The van der Waals surface area contributed by atoms with Crippen molar-refractivity contribution in [2.75, 3.05) is 31.9 Å². The van der Waals surface area contributed by atoms with Crippen LogP contribution < -0.4 is 15.4 Å². The normalized spacial score (nSPS) is 10.8. The maximum atomic E-state index is 6.14. The van der Waals surface area contributed by atoms with Gasteiger partial charge in [0.05, 0.1) is 30.2 Å². The van der Waals surface area contributed by atoms with Gasteiger partial charge in [0.1, 0.15) is 5.75 Å². The number of hydrogen-bond acceptors (Lipinski definition) is 10. The smallest absolute Gasteiger partial charge is 0.228 e. The molecule has 0 atom stereocenters. The van der Waals surface area contributed by atoms with Gasteiger partial charge in [0, 0.05) is 56.0 Å². The number of anilines is 3. The van der Waals surface area contributed by atoms with E-state index < -0.39 is 0 Å². The Kier molecular flexibility index (Phi) is 8.50. The Morgan fingerprint density at radius 2 is 1.52 bits per heavy atom. The van der Waals surface area contributed by atoms with Gasteiger partial charge in [-0.2, -0.15) is 0 Å². The van der Waals surface area contributed by atoms with Crippen LogP contribution in [-0.4, -0.2) is 46.4 Å². The van der Waals surface area contributed by atoms with Gasteiger partial charge in [-0.05, 0) is 42.5 Å². The number of nitrogens with one attached hydrogen (secondary N) is 2. The highest BCUT2D eigenvalue weighted by molar-refractivity contribution is 5.70. The molecule has 3 heterocycles. The maximum absolute atomic E-state index is 6.14. The molecular formula is C30H29N7O3. The molecule has 0 aliphatic heterocycles. The Morgan fingerprint density at radius 3 is 2.27 bits per heavy atom. The van der Waals surface area contributed by atoms with E-state index in [1.807, 2.05) is 72.8 Å². The van der Waals surface area contributed by atoms with Crippen molar-refractivity contribution in [3.63, 3.8) is 0 Å². The Morgan fingerprint density at radius 1 is 0.750 bits per heavy atom. The largest absolute Gasteiger partial charge is 0.438 e. The predicted octanol–water partition coefficient (Wildman–Crippen LogP) is 5.87. The molecule has 0 radical (unpaired) electrons. The fraction of sp³-hybridized carbons (Fsp3) is 0.167. The Labute approximate surface area is 232 Å². The molecular weight excluding hydrogens is 506 g/mol. The quantitative estimate of drug-likeness (QED) is 0.213. The summed E-state index contributed by atoms with van der Waals surface area (Å²) in [5.41, 5.74) is 5.80. The molecule has 0 aliphatic rings. The zero-order valence-electron chi connectivity index (χ0n) is 22.5. The lowest BCUT2D eigenvalue weighted by atomic mass is 10.0. The summed E-state index contributed by atoms with van der Waals surface area (Å²) in [6.45, 7) is 0.715. The van der Waals surface area contributed by atoms with Crippen molar-refractivity contribution in [2.24, 2.45) is 0 Å². The third-order valence-corrected chi connectivity index (χ3v) is 6.07. The molecule has 0 aliphatic carbocycles. The van der Waals surface area contributed by atoms with Crippen molar-refractivity contribution in [1.29, 1.82) is 0 Å². The second-order valence-corrected chi connectivity index (χ2v) is 8.71. The molecule has 2 aromatic carbocycles. The van der Waals surface area contributed by atoms with E-state index >= 15 is 0 Å². The SMILES string of the molecule is CNc1nccc(-c2cccnc2Oc2ccc(Nc3nnc(-c4ccccc4)c(COC)c3COC)cc2)n1. The van der Waals surface area contributed by atoms with E-state index in [9.17, 15) is 0 Å². The third kappa shape index (κ3) is 6.04. The Hall–Kier alpha value is -4.93. The minimum atomic E-state index is 0.346. The van der Waals surface area contributed by atoms with Crippen LogP contribution in [0.4, 0.5) is 17.5 Å². The topological polar surface area (TPSA) is 116 Å². The molecule has 3 aromatic heterocycles. The summed E-state index contributed by atoms with van der Waals surface area (Å²) in [4.78, 5) is 13.1.